The van der Waals surface area contributed by atoms with E-state index in [1.54, 1.807) is 24.3 Å². The number of hydrogen-bond acceptors (Lipinski definition) is 5. The van der Waals surface area contributed by atoms with Crippen molar-refractivity contribution >= 4 is 17.8 Å². The lowest BCUT2D eigenvalue weighted by molar-refractivity contribution is -0.140. The third kappa shape index (κ3) is 3.58. The van der Waals surface area contributed by atoms with E-state index in [1.807, 2.05) is 6.92 Å². The number of amides is 4. The van der Waals surface area contributed by atoms with Gasteiger partial charge in [-0.1, -0.05) is 31.4 Å². The SMILES string of the molecule is CCOc1ccccc1OCC(=O)NN1C(=O)NC2(CCCCC2)C1=O. The predicted octanol–water partition coefficient (Wildman–Crippen LogP) is 1.75. The van der Waals surface area contributed by atoms with Crippen LogP contribution in [0.2, 0.25) is 0 Å². The summed E-state index contributed by atoms with van der Waals surface area (Å²) in [5.74, 6) is -0.0395. The highest BCUT2D eigenvalue weighted by Gasteiger charge is 2.52. The number of carbonyl (C=O) groups is 3. The van der Waals surface area contributed by atoms with Crippen molar-refractivity contribution in [2.45, 2.75) is 44.6 Å². The smallest absolute Gasteiger partial charge is 0.344 e. The zero-order chi connectivity index (χ0) is 18.6. The second-order valence-electron chi connectivity index (χ2n) is 6.42. The molecular formula is C18H23N3O5. The summed E-state index contributed by atoms with van der Waals surface area (Å²) in [6.07, 6.45) is 4.00. The van der Waals surface area contributed by atoms with Crippen LogP contribution in [-0.4, -0.2) is 41.6 Å². The molecule has 2 fully saturated rings. The van der Waals surface area contributed by atoms with Gasteiger partial charge in [0.15, 0.2) is 18.1 Å². The lowest BCUT2D eigenvalue weighted by atomic mass is 9.82. The van der Waals surface area contributed by atoms with Gasteiger partial charge in [-0.25, -0.2) is 4.79 Å². The van der Waals surface area contributed by atoms with E-state index >= 15 is 0 Å². The Bertz CT molecular complexity index is 700. The maximum absolute atomic E-state index is 12.6. The monoisotopic (exact) mass is 361 g/mol. The molecule has 26 heavy (non-hydrogen) atoms. The average molecular weight is 361 g/mol. The van der Waals surface area contributed by atoms with Gasteiger partial charge in [-0.05, 0) is 31.9 Å². The Kier molecular flexibility index (Phi) is 5.29. The summed E-state index contributed by atoms with van der Waals surface area (Å²) < 4.78 is 10.9. The molecule has 0 radical (unpaired) electrons. The Balaban J connectivity index is 1.58. The van der Waals surface area contributed by atoms with Crippen molar-refractivity contribution in [3.8, 4) is 11.5 Å². The maximum atomic E-state index is 12.6. The van der Waals surface area contributed by atoms with Crippen LogP contribution < -0.4 is 20.2 Å². The van der Waals surface area contributed by atoms with E-state index in [1.165, 1.54) is 0 Å². The summed E-state index contributed by atoms with van der Waals surface area (Å²) in [4.78, 5) is 36.9. The van der Waals surface area contributed by atoms with Crippen molar-refractivity contribution in [1.82, 2.24) is 15.8 Å². The van der Waals surface area contributed by atoms with E-state index in [9.17, 15) is 14.4 Å². The first-order chi connectivity index (χ1) is 12.6. The quantitative estimate of drug-likeness (QED) is 0.753. The van der Waals surface area contributed by atoms with Crippen LogP contribution in [0, 0.1) is 0 Å². The minimum atomic E-state index is -0.870. The number of rotatable bonds is 6. The largest absolute Gasteiger partial charge is 0.490 e. The van der Waals surface area contributed by atoms with Crippen molar-refractivity contribution in [2.75, 3.05) is 13.2 Å². The molecule has 1 aromatic rings. The van der Waals surface area contributed by atoms with Gasteiger partial charge < -0.3 is 14.8 Å². The van der Waals surface area contributed by atoms with Gasteiger partial charge in [0.05, 0.1) is 6.61 Å². The van der Waals surface area contributed by atoms with Crippen LogP contribution in [0.3, 0.4) is 0 Å². The molecule has 0 aromatic heterocycles. The van der Waals surface area contributed by atoms with Crippen LogP contribution in [-0.2, 0) is 9.59 Å². The predicted molar refractivity (Wildman–Crippen MR) is 92.4 cm³/mol. The van der Waals surface area contributed by atoms with E-state index < -0.39 is 23.4 Å². The number of nitrogens with one attached hydrogen (secondary N) is 2. The maximum Gasteiger partial charge on any atom is 0.344 e. The molecule has 140 valence electrons. The standard InChI is InChI=1S/C18H23N3O5/c1-2-25-13-8-4-5-9-14(13)26-12-15(22)20-21-16(23)18(19-17(21)24)10-6-3-7-11-18/h4-5,8-9H,2-3,6-7,10-12H2,1H3,(H,19,24)(H,20,22). The number of hydrazine groups is 1. The lowest BCUT2D eigenvalue weighted by Crippen LogP contribution is -2.51. The molecule has 0 atom stereocenters. The first kappa shape index (κ1) is 18.0. The molecule has 1 aromatic carbocycles. The van der Waals surface area contributed by atoms with E-state index in [-0.39, 0.29) is 6.61 Å². The molecule has 1 saturated carbocycles. The minimum absolute atomic E-state index is 0.339. The molecule has 1 aliphatic heterocycles. The molecule has 3 rings (SSSR count). The van der Waals surface area contributed by atoms with Crippen LogP contribution in [0.1, 0.15) is 39.0 Å². The third-order valence-corrected chi connectivity index (χ3v) is 4.61. The van der Waals surface area contributed by atoms with Crippen molar-refractivity contribution < 1.29 is 23.9 Å². The topological polar surface area (TPSA) is 97.0 Å². The normalized spacial score (nSPS) is 18.6. The number of ether oxygens (including phenoxy) is 2. The Morgan fingerprint density at radius 1 is 1.15 bits per heavy atom. The van der Waals surface area contributed by atoms with E-state index in [0.717, 1.165) is 24.3 Å². The summed E-state index contributed by atoms with van der Waals surface area (Å²) in [5, 5.41) is 3.51. The minimum Gasteiger partial charge on any atom is -0.490 e. The fourth-order valence-corrected chi connectivity index (χ4v) is 3.36. The Hall–Kier alpha value is -2.77. The fraction of sp³-hybridized carbons (Fsp3) is 0.500. The van der Waals surface area contributed by atoms with Crippen LogP contribution in [0.15, 0.2) is 24.3 Å². The summed E-state index contributed by atoms with van der Waals surface area (Å²) >= 11 is 0. The van der Waals surface area contributed by atoms with E-state index in [4.69, 9.17) is 9.47 Å². The Morgan fingerprint density at radius 3 is 2.46 bits per heavy atom. The molecule has 1 heterocycles. The molecule has 4 amide bonds. The molecule has 1 spiro atoms. The highest BCUT2D eigenvalue weighted by Crippen LogP contribution is 2.33. The van der Waals surface area contributed by atoms with Gasteiger partial charge >= 0.3 is 6.03 Å². The van der Waals surface area contributed by atoms with Crippen molar-refractivity contribution in [3.05, 3.63) is 24.3 Å². The number of benzene rings is 1. The molecule has 1 saturated heterocycles. The number of para-hydroxylation sites is 2. The molecule has 0 bridgehead atoms. The first-order valence-electron chi connectivity index (χ1n) is 8.86. The average Bonchev–Trinajstić information content (AvgIpc) is 2.86. The zero-order valence-corrected chi connectivity index (χ0v) is 14.7. The lowest BCUT2D eigenvalue weighted by Gasteiger charge is -2.30. The second kappa shape index (κ2) is 7.63. The highest BCUT2D eigenvalue weighted by atomic mass is 16.5. The van der Waals surface area contributed by atoms with Gasteiger partial charge in [-0.2, -0.15) is 5.01 Å². The molecular weight excluding hydrogens is 338 g/mol. The van der Waals surface area contributed by atoms with Crippen LogP contribution in [0.4, 0.5) is 4.79 Å². The molecule has 1 aliphatic carbocycles. The molecule has 0 unspecified atom stereocenters. The van der Waals surface area contributed by atoms with Crippen LogP contribution in [0.25, 0.3) is 0 Å². The summed E-state index contributed by atoms with van der Waals surface area (Å²) in [5.41, 5.74) is 1.47. The van der Waals surface area contributed by atoms with Crippen molar-refractivity contribution in [1.29, 1.82) is 0 Å². The van der Waals surface area contributed by atoms with Gasteiger partial charge in [-0.15, -0.1) is 0 Å². The van der Waals surface area contributed by atoms with E-state index in [0.29, 0.717) is 30.9 Å². The van der Waals surface area contributed by atoms with Gasteiger partial charge in [0.2, 0.25) is 0 Å². The molecule has 8 heteroatoms. The zero-order valence-electron chi connectivity index (χ0n) is 14.7. The van der Waals surface area contributed by atoms with Crippen LogP contribution >= 0.6 is 0 Å². The Morgan fingerprint density at radius 2 is 1.81 bits per heavy atom. The highest BCUT2D eigenvalue weighted by molar-refractivity contribution is 6.08. The van der Waals surface area contributed by atoms with Gasteiger partial charge in [0, 0.05) is 0 Å². The van der Waals surface area contributed by atoms with Crippen molar-refractivity contribution in [2.24, 2.45) is 0 Å². The number of carbonyl (C=O) groups excluding carboxylic acids is 3. The summed E-state index contributed by atoms with van der Waals surface area (Å²) in [7, 11) is 0. The molecule has 2 aliphatic rings. The number of imide groups is 1. The first-order valence-corrected chi connectivity index (χ1v) is 8.86. The third-order valence-electron chi connectivity index (χ3n) is 4.61. The number of urea groups is 1. The van der Waals surface area contributed by atoms with E-state index in [2.05, 4.69) is 10.7 Å². The summed E-state index contributed by atoms with van der Waals surface area (Å²) in [6, 6.07) is 6.39. The number of hydrogen-bond donors (Lipinski definition) is 2. The van der Waals surface area contributed by atoms with Crippen LogP contribution in [0.5, 0.6) is 11.5 Å². The second-order valence-corrected chi connectivity index (χ2v) is 6.42. The number of nitrogens with zero attached hydrogens (tertiary/aromatic N) is 1. The molecule has 2 N–H and O–H groups in total. The fourth-order valence-electron chi connectivity index (χ4n) is 3.36. The summed E-state index contributed by atoms with van der Waals surface area (Å²) in [6.45, 7) is 1.98. The van der Waals surface area contributed by atoms with Gasteiger partial charge in [0.1, 0.15) is 5.54 Å². The van der Waals surface area contributed by atoms with Gasteiger partial charge in [0.25, 0.3) is 11.8 Å². The molecule has 8 nitrogen and oxygen atoms in total. The Labute approximate surface area is 151 Å². The van der Waals surface area contributed by atoms with Crippen molar-refractivity contribution in [3.63, 3.8) is 0 Å². The van der Waals surface area contributed by atoms with Gasteiger partial charge in [-0.3, -0.25) is 15.0 Å².